The average Bonchev–Trinajstić information content (AvgIpc) is 2.72. The van der Waals surface area contributed by atoms with Crippen molar-refractivity contribution in [2.45, 2.75) is 18.9 Å². The Balaban J connectivity index is 2.24. The molecule has 2 unspecified atom stereocenters. The van der Waals surface area contributed by atoms with Crippen LogP contribution in [0.1, 0.15) is 18.4 Å². The zero-order chi connectivity index (χ0) is 21.0. The maximum absolute atomic E-state index is 13.5. The zero-order valence-corrected chi connectivity index (χ0v) is 16.6. The van der Waals surface area contributed by atoms with Crippen LogP contribution in [0.5, 0.6) is 0 Å². The fraction of sp³-hybridized carbons (Fsp3) is 0.273. The summed E-state index contributed by atoms with van der Waals surface area (Å²) in [5.74, 6) is -0.641. The Morgan fingerprint density at radius 3 is 2.41 bits per heavy atom. The number of likely N-dealkylation sites (tertiary alicyclic amines) is 1. The van der Waals surface area contributed by atoms with Crippen molar-refractivity contribution in [3.05, 3.63) is 77.2 Å². The van der Waals surface area contributed by atoms with Crippen molar-refractivity contribution >= 4 is 17.4 Å². The lowest BCUT2D eigenvalue weighted by atomic mass is 9.79. The monoisotopic (exact) mass is 395 g/mol. The molecule has 5 N–H and O–H groups in total. The minimum atomic E-state index is -0.847. The van der Waals surface area contributed by atoms with Gasteiger partial charge in [-0.3, -0.25) is 9.69 Å². The lowest BCUT2D eigenvalue weighted by Gasteiger charge is -2.39. The van der Waals surface area contributed by atoms with Crippen LogP contribution in [0.3, 0.4) is 0 Å². The number of nitrogens with zero attached hydrogens (tertiary/aromatic N) is 2. The first-order chi connectivity index (χ1) is 14.0. The van der Waals surface area contributed by atoms with Gasteiger partial charge in [-0.1, -0.05) is 30.3 Å². The van der Waals surface area contributed by atoms with E-state index in [1.165, 1.54) is 12.1 Å². The average molecular weight is 395 g/mol. The molecule has 1 aliphatic rings. The van der Waals surface area contributed by atoms with Crippen LogP contribution in [0.2, 0.25) is 0 Å². The van der Waals surface area contributed by atoms with Gasteiger partial charge >= 0.3 is 0 Å². The van der Waals surface area contributed by atoms with Crippen molar-refractivity contribution in [1.82, 2.24) is 10.2 Å². The van der Waals surface area contributed by atoms with Gasteiger partial charge in [-0.2, -0.15) is 0 Å². The molecule has 0 bridgehead atoms. The first-order valence-corrected chi connectivity index (χ1v) is 9.57. The van der Waals surface area contributed by atoms with E-state index in [-0.39, 0.29) is 11.7 Å². The fourth-order valence-electron chi connectivity index (χ4n) is 3.62. The molecule has 1 amide bonds. The SMILES string of the molecule is CCN1C(=O)C(N)C(c2ccc(F)cc2)/C(=C(/N)CNC)C1=Nc1ccccc1. The number of amidine groups is 1. The van der Waals surface area contributed by atoms with Crippen molar-refractivity contribution in [1.29, 1.82) is 0 Å². The highest BCUT2D eigenvalue weighted by Gasteiger charge is 2.43. The molecule has 2 aromatic rings. The Morgan fingerprint density at radius 2 is 1.83 bits per heavy atom. The maximum Gasteiger partial charge on any atom is 0.246 e. The molecule has 0 aliphatic carbocycles. The molecule has 1 fully saturated rings. The Bertz CT molecular complexity index is 924. The number of carbonyl (C=O) groups excluding carboxylic acids is 1. The molecular formula is C22H26FN5O. The number of halogens is 1. The van der Waals surface area contributed by atoms with Crippen molar-refractivity contribution in [2.24, 2.45) is 16.5 Å². The smallest absolute Gasteiger partial charge is 0.246 e. The predicted octanol–water partition coefficient (Wildman–Crippen LogP) is 2.26. The maximum atomic E-state index is 13.5. The fourth-order valence-corrected chi connectivity index (χ4v) is 3.62. The molecule has 29 heavy (non-hydrogen) atoms. The van der Waals surface area contributed by atoms with Crippen molar-refractivity contribution < 1.29 is 9.18 Å². The molecule has 2 aromatic carbocycles. The number of piperidine rings is 1. The number of hydrogen-bond acceptors (Lipinski definition) is 5. The van der Waals surface area contributed by atoms with Crippen molar-refractivity contribution in [2.75, 3.05) is 20.1 Å². The molecule has 1 heterocycles. The first kappa shape index (κ1) is 20.7. The van der Waals surface area contributed by atoms with Crippen LogP contribution in [-0.2, 0) is 4.79 Å². The molecule has 2 atom stereocenters. The molecule has 0 saturated carbocycles. The molecule has 7 heteroatoms. The molecule has 0 spiro atoms. The minimum absolute atomic E-state index is 0.238. The number of rotatable bonds is 5. The van der Waals surface area contributed by atoms with E-state index < -0.39 is 12.0 Å². The number of amides is 1. The van der Waals surface area contributed by atoms with Crippen LogP contribution < -0.4 is 16.8 Å². The molecule has 1 aliphatic heterocycles. The van der Waals surface area contributed by atoms with E-state index in [0.717, 1.165) is 5.56 Å². The van der Waals surface area contributed by atoms with E-state index in [4.69, 9.17) is 16.5 Å². The number of nitrogens with one attached hydrogen (secondary N) is 1. The number of likely N-dealkylation sites (N-methyl/N-ethyl adjacent to an activating group) is 2. The van der Waals surface area contributed by atoms with Crippen LogP contribution in [-0.4, -0.2) is 42.8 Å². The van der Waals surface area contributed by atoms with Crippen molar-refractivity contribution in [3.63, 3.8) is 0 Å². The molecule has 1 saturated heterocycles. The molecule has 0 radical (unpaired) electrons. The quantitative estimate of drug-likeness (QED) is 0.723. The molecular weight excluding hydrogens is 369 g/mol. The standard InChI is InChI=1S/C22H26FN5O/c1-3-28-21(27-16-7-5-4-6-8-16)19(17(24)13-26-2)18(20(25)22(28)29)14-9-11-15(23)12-10-14/h4-12,18,20,26H,3,13,24-25H2,1-2H3/b19-17-,27-21?. The molecule has 0 aromatic heterocycles. The molecule has 152 valence electrons. The number of hydrogen-bond donors (Lipinski definition) is 3. The van der Waals surface area contributed by atoms with Crippen LogP contribution >= 0.6 is 0 Å². The lowest BCUT2D eigenvalue weighted by molar-refractivity contribution is -0.129. The topological polar surface area (TPSA) is 96.7 Å². The second-order valence-electron chi connectivity index (χ2n) is 6.88. The molecule has 3 rings (SSSR count). The number of carbonyl (C=O) groups is 1. The summed E-state index contributed by atoms with van der Waals surface area (Å²) >= 11 is 0. The van der Waals surface area contributed by atoms with E-state index in [2.05, 4.69) is 5.32 Å². The van der Waals surface area contributed by atoms with Crippen LogP contribution in [0.4, 0.5) is 10.1 Å². The Labute approximate surface area is 170 Å². The second kappa shape index (κ2) is 8.98. The Hall–Kier alpha value is -3.03. The lowest BCUT2D eigenvalue weighted by Crippen LogP contribution is -2.56. The third-order valence-corrected chi connectivity index (χ3v) is 4.97. The largest absolute Gasteiger partial charge is 0.401 e. The Morgan fingerprint density at radius 1 is 1.17 bits per heavy atom. The number of nitrogens with two attached hydrogens (primary N) is 2. The van der Waals surface area contributed by atoms with E-state index in [0.29, 0.717) is 35.9 Å². The Kier molecular flexibility index (Phi) is 6.41. The third-order valence-electron chi connectivity index (χ3n) is 4.97. The normalized spacial score (nSPS) is 22.8. The van der Waals surface area contributed by atoms with E-state index in [9.17, 15) is 9.18 Å². The van der Waals surface area contributed by atoms with Crippen LogP contribution in [0.25, 0.3) is 0 Å². The van der Waals surface area contributed by atoms with Gasteiger partial charge in [0.25, 0.3) is 0 Å². The number of benzene rings is 2. The summed E-state index contributed by atoms with van der Waals surface area (Å²) in [6.45, 7) is 2.68. The van der Waals surface area contributed by atoms with Gasteiger partial charge < -0.3 is 16.8 Å². The minimum Gasteiger partial charge on any atom is -0.401 e. The van der Waals surface area contributed by atoms with Gasteiger partial charge in [0.2, 0.25) is 5.91 Å². The number of para-hydroxylation sites is 1. The van der Waals surface area contributed by atoms with Gasteiger partial charge in [-0.05, 0) is 43.8 Å². The van der Waals surface area contributed by atoms with Crippen LogP contribution in [0, 0.1) is 5.82 Å². The van der Waals surface area contributed by atoms with Crippen LogP contribution in [0.15, 0.2) is 70.9 Å². The second-order valence-corrected chi connectivity index (χ2v) is 6.88. The summed E-state index contributed by atoms with van der Waals surface area (Å²) in [6, 6.07) is 14.5. The van der Waals surface area contributed by atoms with Gasteiger partial charge in [0.15, 0.2) is 0 Å². The van der Waals surface area contributed by atoms with Gasteiger partial charge in [-0.15, -0.1) is 0 Å². The van der Waals surface area contributed by atoms with Gasteiger partial charge in [-0.25, -0.2) is 9.38 Å². The van der Waals surface area contributed by atoms with E-state index >= 15 is 0 Å². The zero-order valence-electron chi connectivity index (χ0n) is 16.6. The summed E-state index contributed by atoms with van der Waals surface area (Å²) in [4.78, 5) is 19.4. The highest BCUT2D eigenvalue weighted by Crippen LogP contribution is 2.36. The summed E-state index contributed by atoms with van der Waals surface area (Å²) < 4.78 is 13.5. The van der Waals surface area contributed by atoms with Gasteiger partial charge in [0, 0.05) is 30.3 Å². The third kappa shape index (κ3) is 4.21. The highest BCUT2D eigenvalue weighted by molar-refractivity contribution is 6.14. The van der Waals surface area contributed by atoms with Gasteiger partial charge in [0.05, 0.1) is 11.7 Å². The summed E-state index contributed by atoms with van der Waals surface area (Å²) in [5, 5.41) is 3.05. The van der Waals surface area contributed by atoms with E-state index in [1.807, 2.05) is 37.3 Å². The summed E-state index contributed by atoms with van der Waals surface area (Å²) in [6.07, 6.45) is 0. The van der Waals surface area contributed by atoms with Crippen molar-refractivity contribution in [3.8, 4) is 0 Å². The predicted molar refractivity (Wildman–Crippen MR) is 113 cm³/mol. The molecule has 6 nitrogen and oxygen atoms in total. The summed E-state index contributed by atoms with van der Waals surface area (Å²) in [5.41, 5.74) is 15.5. The van der Waals surface area contributed by atoms with E-state index in [1.54, 1.807) is 24.1 Å². The summed E-state index contributed by atoms with van der Waals surface area (Å²) in [7, 11) is 1.79. The first-order valence-electron chi connectivity index (χ1n) is 9.57. The van der Waals surface area contributed by atoms with Gasteiger partial charge in [0.1, 0.15) is 11.7 Å². The highest BCUT2D eigenvalue weighted by atomic mass is 19.1. The number of aliphatic imine (C=N–C) groups is 1.